The molecule has 5 nitrogen and oxygen atoms in total. The second-order valence-electron chi connectivity index (χ2n) is 7.42. The van der Waals surface area contributed by atoms with Gasteiger partial charge in [0.25, 0.3) is 0 Å². The molecule has 1 spiro atoms. The number of amides is 1. The topological polar surface area (TPSA) is 53.9 Å². The minimum Gasteiger partial charge on any atom is -0.444 e. The summed E-state index contributed by atoms with van der Waals surface area (Å²) >= 11 is 9.00. The Balaban J connectivity index is 1.71. The van der Waals surface area contributed by atoms with E-state index in [1.807, 2.05) is 45.0 Å². The molecule has 25 heavy (non-hydrogen) atoms. The molecule has 3 rings (SSSR count). The number of hydrogen-bond acceptors (Lipinski definition) is 4. The predicted octanol–water partition coefficient (Wildman–Crippen LogP) is 3.90. The lowest BCUT2D eigenvalue weighted by Crippen LogP contribution is -2.52. The van der Waals surface area contributed by atoms with Gasteiger partial charge in [-0.15, -0.1) is 0 Å². The molecule has 134 valence electrons. The van der Waals surface area contributed by atoms with Crippen LogP contribution in [-0.2, 0) is 4.74 Å². The van der Waals surface area contributed by atoms with Gasteiger partial charge >= 0.3 is 6.09 Å². The van der Waals surface area contributed by atoms with E-state index in [-0.39, 0.29) is 6.09 Å². The number of ether oxygens (including phenoxy) is 1. The number of aliphatic imine (C=N–C) groups is 1. The number of halogens is 1. The van der Waals surface area contributed by atoms with Gasteiger partial charge in [-0.05, 0) is 32.9 Å². The molecular weight excluding hydrogens is 402 g/mol. The van der Waals surface area contributed by atoms with E-state index in [1.165, 1.54) is 0 Å². The fraction of sp³-hybridized carbons (Fsp3) is 0.500. The molecule has 1 aromatic rings. The van der Waals surface area contributed by atoms with E-state index in [9.17, 15) is 4.79 Å². The van der Waals surface area contributed by atoms with Crippen LogP contribution in [0.2, 0.25) is 0 Å². The molecule has 2 aliphatic heterocycles. The molecule has 1 saturated heterocycles. The van der Waals surface area contributed by atoms with Gasteiger partial charge in [-0.25, -0.2) is 4.79 Å². The minimum atomic E-state index is -0.481. The number of benzene rings is 1. The van der Waals surface area contributed by atoms with E-state index in [1.54, 1.807) is 4.90 Å². The zero-order valence-corrected chi connectivity index (χ0v) is 17.0. The molecule has 1 aromatic carbocycles. The smallest absolute Gasteiger partial charge is 0.410 e. The maximum absolute atomic E-state index is 12.2. The first-order chi connectivity index (χ1) is 11.7. The largest absolute Gasteiger partial charge is 0.444 e. The first-order valence-electron chi connectivity index (χ1n) is 8.34. The van der Waals surface area contributed by atoms with E-state index in [0.29, 0.717) is 30.9 Å². The number of carbonyl (C=O) groups excluding carboxylic acids is 1. The van der Waals surface area contributed by atoms with Crippen LogP contribution < -0.4 is 5.32 Å². The number of piperidine rings is 1. The number of rotatable bonds is 1. The van der Waals surface area contributed by atoms with Crippen LogP contribution in [0.1, 0.15) is 39.2 Å². The van der Waals surface area contributed by atoms with Crippen molar-refractivity contribution in [2.75, 3.05) is 13.1 Å². The van der Waals surface area contributed by atoms with Crippen molar-refractivity contribution < 1.29 is 9.53 Å². The summed E-state index contributed by atoms with van der Waals surface area (Å²) in [6.07, 6.45) is 1.16. The van der Waals surface area contributed by atoms with Gasteiger partial charge < -0.3 is 15.0 Å². The molecule has 0 aromatic heterocycles. The highest BCUT2D eigenvalue weighted by atomic mass is 79.9. The average Bonchev–Trinajstić information content (AvgIpc) is 2.82. The first kappa shape index (κ1) is 18.3. The van der Waals surface area contributed by atoms with Crippen LogP contribution in [0.3, 0.4) is 0 Å². The summed E-state index contributed by atoms with van der Waals surface area (Å²) in [5.74, 6) is 0. The van der Waals surface area contributed by atoms with Gasteiger partial charge in [-0.1, -0.05) is 40.3 Å². The van der Waals surface area contributed by atoms with Crippen molar-refractivity contribution in [3.8, 4) is 0 Å². The molecule has 0 atom stereocenters. The van der Waals surface area contributed by atoms with E-state index in [2.05, 4.69) is 21.2 Å². The SMILES string of the molecule is CC(C)(C)OC(=O)N1CCC2(CC1)N=C(c1cccc(Br)c1)C(=S)N2. The molecule has 0 unspecified atom stereocenters. The van der Waals surface area contributed by atoms with E-state index in [4.69, 9.17) is 21.9 Å². The van der Waals surface area contributed by atoms with Crippen molar-refractivity contribution in [2.45, 2.75) is 44.9 Å². The van der Waals surface area contributed by atoms with E-state index >= 15 is 0 Å². The monoisotopic (exact) mass is 423 g/mol. The molecule has 0 saturated carbocycles. The van der Waals surface area contributed by atoms with Gasteiger partial charge in [-0.2, -0.15) is 0 Å². The number of carbonyl (C=O) groups is 1. The van der Waals surface area contributed by atoms with Gasteiger partial charge in [-0.3, -0.25) is 4.99 Å². The van der Waals surface area contributed by atoms with Gasteiger partial charge in [0, 0.05) is 36.0 Å². The summed E-state index contributed by atoms with van der Waals surface area (Å²) in [5.41, 5.74) is 0.930. The van der Waals surface area contributed by atoms with Crippen LogP contribution >= 0.6 is 28.1 Å². The maximum atomic E-state index is 12.2. The van der Waals surface area contributed by atoms with Crippen molar-refractivity contribution in [3.63, 3.8) is 0 Å². The lowest BCUT2D eigenvalue weighted by Gasteiger charge is -2.38. The van der Waals surface area contributed by atoms with Crippen LogP contribution in [0.25, 0.3) is 0 Å². The first-order valence-corrected chi connectivity index (χ1v) is 9.54. The standard InChI is InChI=1S/C18H22BrN3O2S/c1-17(2,3)24-16(23)22-9-7-18(8-10-22)20-14(15(25)21-18)12-5-4-6-13(19)11-12/h4-6,11H,7-10H2,1-3H3,(H,21,25). The zero-order chi connectivity index (χ0) is 18.2. The van der Waals surface area contributed by atoms with Crippen molar-refractivity contribution in [2.24, 2.45) is 4.99 Å². The lowest BCUT2D eigenvalue weighted by atomic mass is 9.98. The van der Waals surface area contributed by atoms with E-state index in [0.717, 1.165) is 15.7 Å². The number of thiocarbonyl (C=S) groups is 1. The Kier molecular flexibility index (Phi) is 4.90. The molecule has 1 N–H and O–H groups in total. The zero-order valence-electron chi connectivity index (χ0n) is 14.6. The third-order valence-electron chi connectivity index (χ3n) is 4.23. The average molecular weight is 424 g/mol. The van der Waals surface area contributed by atoms with E-state index < -0.39 is 11.3 Å². The lowest BCUT2D eigenvalue weighted by molar-refractivity contribution is 0.0165. The van der Waals surface area contributed by atoms with Crippen LogP contribution in [0.15, 0.2) is 33.7 Å². The normalized spacial score (nSPS) is 19.6. The van der Waals surface area contributed by atoms with Crippen molar-refractivity contribution >= 4 is 44.9 Å². The highest BCUT2D eigenvalue weighted by Crippen LogP contribution is 2.30. The Morgan fingerprint density at radius 1 is 1.36 bits per heavy atom. The van der Waals surface area contributed by atoms with Gasteiger partial charge in [0.1, 0.15) is 22.0 Å². The van der Waals surface area contributed by atoms with Crippen molar-refractivity contribution in [1.29, 1.82) is 0 Å². The molecule has 2 aliphatic rings. The third kappa shape index (κ3) is 4.20. The summed E-state index contributed by atoms with van der Waals surface area (Å²) in [6.45, 7) is 6.82. The predicted molar refractivity (Wildman–Crippen MR) is 106 cm³/mol. The van der Waals surface area contributed by atoms with Gasteiger partial charge in [0.15, 0.2) is 0 Å². The van der Waals surface area contributed by atoms with Crippen LogP contribution in [0, 0.1) is 0 Å². The van der Waals surface area contributed by atoms with Crippen molar-refractivity contribution in [3.05, 3.63) is 34.3 Å². The Hall–Kier alpha value is -1.47. The highest BCUT2D eigenvalue weighted by molar-refractivity contribution is 9.10. The molecule has 0 aliphatic carbocycles. The summed E-state index contributed by atoms with van der Waals surface area (Å²) in [6, 6.07) is 7.97. The fourth-order valence-corrected chi connectivity index (χ4v) is 3.77. The third-order valence-corrected chi connectivity index (χ3v) is 5.02. The summed E-state index contributed by atoms with van der Waals surface area (Å²) in [4.78, 5) is 19.5. The second-order valence-corrected chi connectivity index (χ2v) is 8.75. The van der Waals surface area contributed by atoms with Gasteiger partial charge in [0.2, 0.25) is 0 Å². The minimum absolute atomic E-state index is 0.265. The maximum Gasteiger partial charge on any atom is 0.410 e. The van der Waals surface area contributed by atoms with Crippen LogP contribution in [-0.4, -0.2) is 46.0 Å². The highest BCUT2D eigenvalue weighted by Gasteiger charge is 2.42. The molecule has 1 fully saturated rings. The summed E-state index contributed by atoms with van der Waals surface area (Å²) in [7, 11) is 0. The summed E-state index contributed by atoms with van der Waals surface area (Å²) in [5, 5.41) is 3.38. The Morgan fingerprint density at radius 2 is 2.04 bits per heavy atom. The number of nitrogens with one attached hydrogen (secondary N) is 1. The van der Waals surface area contributed by atoms with Crippen LogP contribution in [0.5, 0.6) is 0 Å². The number of nitrogens with zero attached hydrogens (tertiary/aromatic N) is 2. The molecule has 7 heteroatoms. The molecular formula is C18H22BrN3O2S. The Labute approximate surface area is 162 Å². The van der Waals surface area contributed by atoms with Crippen LogP contribution in [0.4, 0.5) is 4.79 Å². The molecule has 0 bridgehead atoms. The Morgan fingerprint density at radius 3 is 2.64 bits per heavy atom. The number of likely N-dealkylation sites (tertiary alicyclic amines) is 1. The summed E-state index contributed by atoms with van der Waals surface area (Å²) < 4.78 is 6.45. The van der Waals surface area contributed by atoms with Crippen molar-refractivity contribution in [1.82, 2.24) is 10.2 Å². The fourth-order valence-electron chi connectivity index (χ4n) is 3.02. The number of hydrogen-bond donors (Lipinski definition) is 1. The second kappa shape index (κ2) is 6.68. The molecule has 1 amide bonds. The Bertz CT molecular complexity index is 734. The molecule has 0 radical (unpaired) electrons. The quantitative estimate of drug-likeness (QED) is 0.695. The molecule has 2 heterocycles. The van der Waals surface area contributed by atoms with Gasteiger partial charge in [0.05, 0.1) is 0 Å².